The number of alkyl halides is 1. The molecule has 3 saturated heterocycles. The number of aliphatic hydroxyl groups excluding tert-OH is 1. The highest BCUT2D eigenvalue weighted by Crippen LogP contribution is 2.48. The number of nitrogens with two attached hydrogens (primary N) is 1. The van der Waals surface area contributed by atoms with Crippen LogP contribution in [0.4, 0.5) is 15.3 Å². The van der Waals surface area contributed by atoms with E-state index < -0.39 is 11.6 Å². The smallest absolute Gasteiger partial charge is 0.321 e. The number of aryl methyl sites for hydroxylation is 1. The fourth-order valence-electron chi connectivity index (χ4n) is 7.46. The van der Waals surface area contributed by atoms with Gasteiger partial charge >= 0.3 is 6.01 Å². The van der Waals surface area contributed by atoms with Crippen LogP contribution >= 0.6 is 11.3 Å². The van der Waals surface area contributed by atoms with Crippen molar-refractivity contribution in [3.63, 3.8) is 0 Å². The number of rotatable bonds is 7. The minimum Gasteiger partial charge on any atom is -0.461 e. The molecule has 0 amide bonds. The first-order chi connectivity index (χ1) is 20.8. The third-order valence-corrected chi connectivity index (χ3v) is 10.9. The van der Waals surface area contributed by atoms with Crippen LogP contribution in [0.2, 0.25) is 0 Å². The Labute approximate surface area is 253 Å². The van der Waals surface area contributed by atoms with E-state index in [0.717, 1.165) is 61.9 Å². The summed E-state index contributed by atoms with van der Waals surface area (Å²) in [5.74, 6) is 1.50. The van der Waals surface area contributed by atoms with E-state index >= 15 is 0 Å². The molecule has 0 bridgehead atoms. The van der Waals surface area contributed by atoms with Crippen LogP contribution in [0, 0.1) is 17.2 Å². The van der Waals surface area contributed by atoms with Crippen molar-refractivity contribution in [2.45, 2.75) is 75.4 Å². The van der Waals surface area contributed by atoms with Crippen LogP contribution in [0.5, 0.6) is 6.01 Å². The normalized spacial score (nSPS) is 27.7. The summed E-state index contributed by atoms with van der Waals surface area (Å²) in [5, 5.41) is 24.3. The monoisotopic (exact) mass is 609 g/mol. The molecule has 14 heteroatoms. The number of ether oxygens (including phenoxy) is 1. The Hall–Kier alpha value is -3.41. The Morgan fingerprint density at radius 3 is 2.79 bits per heavy atom. The molecule has 3 aliphatic heterocycles. The predicted octanol–water partition coefficient (Wildman–Crippen LogP) is 3.24. The van der Waals surface area contributed by atoms with Crippen molar-refractivity contribution >= 4 is 22.3 Å². The van der Waals surface area contributed by atoms with Gasteiger partial charge in [-0.1, -0.05) is 5.16 Å². The topological polar surface area (TPSA) is 163 Å². The molecule has 0 aromatic carbocycles. The SMILES string of the molecule is C[C@]1(c2nc(-c3nc(OCC45CCCN4C[C@H](F)C5)nc(N4CCC(CO)CC4)n3)no2)CCCc2sc(N)c(C#N)c21. The number of aromatic nitrogens is 5. The van der Waals surface area contributed by atoms with E-state index in [9.17, 15) is 14.8 Å². The molecule has 43 heavy (non-hydrogen) atoms. The number of aliphatic hydroxyl groups is 1. The van der Waals surface area contributed by atoms with E-state index in [-0.39, 0.29) is 42.3 Å². The van der Waals surface area contributed by atoms with Crippen molar-refractivity contribution in [1.82, 2.24) is 30.0 Å². The Morgan fingerprint density at radius 2 is 2.00 bits per heavy atom. The van der Waals surface area contributed by atoms with Gasteiger partial charge in [0.25, 0.3) is 0 Å². The van der Waals surface area contributed by atoms with Crippen molar-refractivity contribution < 1.29 is 18.8 Å². The number of nitriles is 1. The molecule has 6 heterocycles. The van der Waals surface area contributed by atoms with Gasteiger partial charge in [-0.2, -0.15) is 25.2 Å². The Kier molecular flexibility index (Phi) is 7.22. The van der Waals surface area contributed by atoms with Crippen molar-refractivity contribution in [2.75, 3.05) is 50.0 Å². The molecular formula is C29H36FN9O3S. The van der Waals surface area contributed by atoms with Gasteiger partial charge < -0.3 is 25.0 Å². The average molecular weight is 610 g/mol. The highest BCUT2D eigenvalue weighted by Gasteiger charge is 2.49. The number of nitrogens with zero attached hydrogens (tertiary/aromatic N) is 8. The predicted molar refractivity (Wildman–Crippen MR) is 157 cm³/mol. The van der Waals surface area contributed by atoms with Gasteiger partial charge in [0.1, 0.15) is 23.8 Å². The maximum Gasteiger partial charge on any atom is 0.321 e. The molecule has 0 saturated carbocycles. The molecule has 7 rings (SSSR count). The summed E-state index contributed by atoms with van der Waals surface area (Å²) in [6.07, 6.45) is 5.61. The molecule has 12 nitrogen and oxygen atoms in total. The number of thiophene rings is 1. The lowest BCUT2D eigenvalue weighted by atomic mass is 9.72. The third-order valence-electron chi connectivity index (χ3n) is 9.84. The number of hydrogen-bond donors (Lipinski definition) is 2. The minimum atomic E-state index is -0.860. The molecule has 4 aliphatic rings. The lowest BCUT2D eigenvalue weighted by molar-refractivity contribution is 0.107. The third kappa shape index (κ3) is 4.91. The molecule has 228 valence electrons. The number of piperidine rings is 1. The quantitative estimate of drug-likeness (QED) is 0.403. The summed E-state index contributed by atoms with van der Waals surface area (Å²) in [7, 11) is 0. The van der Waals surface area contributed by atoms with Crippen molar-refractivity contribution in [3.8, 4) is 23.7 Å². The number of halogens is 1. The molecule has 0 radical (unpaired) electrons. The van der Waals surface area contributed by atoms with Crippen molar-refractivity contribution in [3.05, 3.63) is 21.9 Å². The van der Waals surface area contributed by atoms with Gasteiger partial charge in [-0.3, -0.25) is 4.90 Å². The Morgan fingerprint density at radius 1 is 1.16 bits per heavy atom. The lowest BCUT2D eigenvalue weighted by Crippen LogP contribution is -2.43. The van der Waals surface area contributed by atoms with Gasteiger partial charge in [-0.25, -0.2) is 4.39 Å². The second-order valence-electron chi connectivity index (χ2n) is 12.6. The molecule has 3 aromatic rings. The number of nitrogen functional groups attached to an aromatic ring is 1. The molecule has 3 N–H and O–H groups in total. The van der Waals surface area contributed by atoms with Gasteiger partial charge in [0.15, 0.2) is 0 Å². The molecule has 0 spiro atoms. The van der Waals surface area contributed by atoms with Crippen LogP contribution in [0.25, 0.3) is 11.6 Å². The van der Waals surface area contributed by atoms with Gasteiger partial charge in [0.2, 0.25) is 23.5 Å². The lowest BCUT2D eigenvalue weighted by Gasteiger charge is -2.32. The van der Waals surface area contributed by atoms with E-state index in [0.29, 0.717) is 48.5 Å². The number of hydrogen-bond acceptors (Lipinski definition) is 13. The first-order valence-electron chi connectivity index (χ1n) is 15.1. The zero-order chi connectivity index (χ0) is 29.8. The molecule has 3 aromatic heterocycles. The number of fused-ring (bicyclic) bond motifs is 2. The van der Waals surface area contributed by atoms with E-state index in [1.165, 1.54) is 11.3 Å². The largest absolute Gasteiger partial charge is 0.461 e. The fourth-order valence-corrected chi connectivity index (χ4v) is 8.65. The molecule has 1 aliphatic carbocycles. The number of anilines is 2. The van der Waals surface area contributed by atoms with Crippen LogP contribution in [0.15, 0.2) is 4.52 Å². The summed E-state index contributed by atoms with van der Waals surface area (Å²) in [4.78, 5) is 24.1. The zero-order valence-corrected chi connectivity index (χ0v) is 25.1. The highest BCUT2D eigenvalue weighted by molar-refractivity contribution is 7.16. The average Bonchev–Trinajstić information content (AvgIpc) is 3.78. The highest BCUT2D eigenvalue weighted by atomic mass is 32.1. The first-order valence-corrected chi connectivity index (χ1v) is 15.9. The van der Waals surface area contributed by atoms with Crippen LogP contribution in [-0.2, 0) is 11.8 Å². The van der Waals surface area contributed by atoms with Gasteiger partial charge in [-0.15, -0.1) is 11.3 Å². The maximum atomic E-state index is 14.4. The van der Waals surface area contributed by atoms with Crippen LogP contribution < -0.4 is 15.4 Å². The molecule has 3 atom stereocenters. The van der Waals surface area contributed by atoms with Crippen LogP contribution in [-0.4, -0.2) is 86.2 Å². The van der Waals surface area contributed by atoms with Gasteiger partial charge in [0.05, 0.1) is 16.5 Å². The summed E-state index contributed by atoms with van der Waals surface area (Å²) in [6, 6.07) is 2.42. The van der Waals surface area contributed by atoms with E-state index in [4.69, 9.17) is 25.0 Å². The van der Waals surface area contributed by atoms with Crippen molar-refractivity contribution in [2.24, 2.45) is 5.92 Å². The van der Waals surface area contributed by atoms with Gasteiger partial charge in [0, 0.05) is 43.1 Å². The summed E-state index contributed by atoms with van der Waals surface area (Å²) < 4.78 is 26.5. The summed E-state index contributed by atoms with van der Waals surface area (Å²) in [5.41, 5.74) is 6.54. The Bertz CT molecular complexity index is 1550. The second-order valence-corrected chi connectivity index (χ2v) is 13.7. The molecular weight excluding hydrogens is 573 g/mol. The second kappa shape index (κ2) is 10.9. The summed E-state index contributed by atoms with van der Waals surface area (Å²) >= 11 is 1.45. The van der Waals surface area contributed by atoms with E-state index in [2.05, 4.69) is 31.0 Å². The van der Waals surface area contributed by atoms with E-state index in [1.54, 1.807) is 0 Å². The maximum absolute atomic E-state index is 14.4. The first kappa shape index (κ1) is 28.4. The van der Waals surface area contributed by atoms with Crippen molar-refractivity contribution in [1.29, 1.82) is 5.26 Å². The summed E-state index contributed by atoms with van der Waals surface area (Å²) in [6.45, 7) is 5.14. The molecule has 1 unspecified atom stereocenters. The minimum absolute atomic E-state index is 0.141. The van der Waals surface area contributed by atoms with E-state index in [1.807, 2.05) is 6.92 Å². The fraction of sp³-hybridized carbons (Fsp3) is 0.655. The molecule has 3 fully saturated rings. The van der Waals surface area contributed by atoms with Crippen LogP contribution in [0.1, 0.15) is 73.8 Å². The van der Waals surface area contributed by atoms with Crippen LogP contribution in [0.3, 0.4) is 0 Å². The zero-order valence-electron chi connectivity index (χ0n) is 24.3. The standard InChI is InChI=1S/C29H36FN9O3S/c1-28(7-2-4-20-21(28)19(13-31)22(32)43-20)25-33-24(37-42-25)23-34-26(38-10-5-17(15-40)6-11-38)36-27(35-23)41-16-29-8-3-9-39(29)14-18(30)12-29/h17-18,40H,2-12,14-16,32H2,1H3/t18-,28+,29?/m1/s1. The Balaban J connectivity index is 1.22. The van der Waals surface area contributed by atoms with Gasteiger partial charge in [-0.05, 0) is 64.3 Å².